The first-order valence-corrected chi connectivity index (χ1v) is 12.1. The molecule has 1 aliphatic heterocycles. The van der Waals surface area contributed by atoms with E-state index in [1.165, 1.54) is 4.90 Å². The van der Waals surface area contributed by atoms with Gasteiger partial charge in [0.15, 0.2) is 11.6 Å². The maximum Gasteiger partial charge on any atom is 0.236 e. The number of ether oxygens (including phenoxy) is 1. The largest absolute Gasteiger partial charge is 0.497 e. The van der Waals surface area contributed by atoms with Crippen LogP contribution in [0.1, 0.15) is 32.2 Å². The van der Waals surface area contributed by atoms with Gasteiger partial charge in [0.25, 0.3) is 0 Å². The average molecular weight is 485 g/mol. The van der Waals surface area contributed by atoms with E-state index in [1.54, 1.807) is 21.2 Å². The van der Waals surface area contributed by atoms with Crippen molar-refractivity contribution in [3.05, 3.63) is 102 Å². The fraction of sp³-hybridized carbons (Fsp3) is 0.300. The van der Waals surface area contributed by atoms with Gasteiger partial charge < -0.3 is 9.64 Å². The Balaban J connectivity index is 1.82. The molecule has 0 saturated carbocycles. The second-order valence-electron chi connectivity index (χ2n) is 9.46. The van der Waals surface area contributed by atoms with E-state index in [0.29, 0.717) is 30.0 Å². The Hall–Kier alpha value is -3.77. The highest BCUT2D eigenvalue weighted by atomic mass is 16.5. The summed E-state index contributed by atoms with van der Waals surface area (Å²) in [4.78, 5) is 44.0. The standard InChI is InChI=1S/C30H32N2O4/c1-31(2)27(33)20-32-18-25(29(34)21-11-6-4-7-12-21)28(23-15-10-16-24(17-23)36-3)26(19-32)30(35)22-13-8-5-9-14-22/h4-17,25-26,28H,18-20H2,1-3H3/t25-,26-/m0/s1. The molecule has 1 heterocycles. The molecule has 1 fully saturated rings. The molecule has 0 aromatic heterocycles. The third kappa shape index (κ3) is 5.55. The van der Waals surface area contributed by atoms with Gasteiger partial charge in [-0.25, -0.2) is 0 Å². The topological polar surface area (TPSA) is 66.9 Å². The van der Waals surface area contributed by atoms with Crippen LogP contribution in [-0.4, -0.2) is 68.1 Å². The third-order valence-corrected chi connectivity index (χ3v) is 6.90. The Morgan fingerprint density at radius 1 is 0.806 bits per heavy atom. The molecule has 186 valence electrons. The molecule has 6 heteroatoms. The monoisotopic (exact) mass is 484 g/mol. The van der Waals surface area contributed by atoms with Crippen LogP contribution in [0.2, 0.25) is 0 Å². The van der Waals surface area contributed by atoms with Crippen LogP contribution in [0.5, 0.6) is 5.75 Å². The number of hydrogen-bond donors (Lipinski definition) is 0. The molecule has 0 N–H and O–H groups in total. The molecule has 4 rings (SSSR count). The van der Waals surface area contributed by atoms with Crippen LogP contribution >= 0.6 is 0 Å². The summed E-state index contributed by atoms with van der Waals surface area (Å²) in [6, 6.07) is 26.0. The molecule has 6 nitrogen and oxygen atoms in total. The van der Waals surface area contributed by atoms with Gasteiger partial charge in [0.2, 0.25) is 5.91 Å². The zero-order valence-electron chi connectivity index (χ0n) is 21.0. The molecule has 0 radical (unpaired) electrons. The lowest BCUT2D eigenvalue weighted by atomic mass is 9.68. The maximum atomic E-state index is 13.9. The lowest BCUT2D eigenvalue weighted by Gasteiger charge is -2.43. The highest BCUT2D eigenvalue weighted by molar-refractivity contribution is 6.02. The molecular formula is C30H32N2O4. The number of likely N-dealkylation sites (tertiary alicyclic amines) is 1. The second-order valence-corrected chi connectivity index (χ2v) is 9.46. The number of hydrogen-bond acceptors (Lipinski definition) is 5. The Morgan fingerprint density at radius 2 is 1.33 bits per heavy atom. The summed E-state index contributed by atoms with van der Waals surface area (Å²) in [5.41, 5.74) is 2.08. The fourth-order valence-electron chi connectivity index (χ4n) is 5.04. The average Bonchev–Trinajstić information content (AvgIpc) is 2.92. The summed E-state index contributed by atoms with van der Waals surface area (Å²) in [7, 11) is 5.03. The minimum atomic E-state index is -0.513. The molecule has 0 aliphatic carbocycles. The van der Waals surface area contributed by atoms with Gasteiger partial charge in [-0.15, -0.1) is 0 Å². The number of piperidine rings is 1. The number of Topliss-reactive ketones (excluding diaryl/α,β-unsaturated/α-hetero) is 2. The first-order chi connectivity index (χ1) is 17.4. The summed E-state index contributed by atoms with van der Waals surface area (Å²) < 4.78 is 5.48. The summed E-state index contributed by atoms with van der Waals surface area (Å²) in [5, 5.41) is 0. The van der Waals surface area contributed by atoms with Crippen molar-refractivity contribution in [3.63, 3.8) is 0 Å². The Morgan fingerprint density at radius 3 is 1.81 bits per heavy atom. The maximum absolute atomic E-state index is 13.9. The number of rotatable bonds is 8. The van der Waals surface area contributed by atoms with Crippen molar-refractivity contribution >= 4 is 17.5 Å². The molecule has 0 bridgehead atoms. The number of nitrogens with zero attached hydrogens (tertiary/aromatic N) is 2. The van der Waals surface area contributed by atoms with E-state index in [2.05, 4.69) is 0 Å². The quantitative estimate of drug-likeness (QED) is 0.449. The van der Waals surface area contributed by atoms with Crippen LogP contribution in [0, 0.1) is 11.8 Å². The van der Waals surface area contributed by atoms with Crippen LogP contribution in [0.3, 0.4) is 0 Å². The second kappa shape index (κ2) is 11.3. The number of methoxy groups -OCH3 is 1. The molecule has 1 saturated heterocycles. The number of carbonyl (C=O) groups is 3. The first kappa shape index (κ1) is 25.3. The van der Waals surface area contributed by atoms with Crippen molar-refractivity contribution in [3.8, 4) is 5.75 Å². The number of benzene rings is 3. The van der Waals surface area contributed by atoms with Crippen LogP contribution in [0.4, 0.5) is 0 Å². The van der Waals surface area contributed by atoms with Crippen LogP contribution in [-0.2, 0) is 4.79 Å². The number of amides is 1. The van der Waals surface area contributed by atoms with Crippen LogP contribution < -0.4 is 4.74 Å². The first-order valence-electron chi connectivity index (χ1n) is 12.1. The lowest BCUT2D eigenvalue weighted by Crippen LogP contribution is -2.52. The van der Waals surface area contributed by atoms with Gasteiger partial charge in [-0.2, -0.15) is 0 Å². The van der Waals surface area contributed by atoms with Gasteiger partial charge in [-0.05, 0) is 17.7 Å². The number of likely N-dealkylation sites (N-methyl/N-ethyl adjacent to an activating group) is 1. The minimum absolute atomic E-state index is 0.0312. The van der Waals surface area contributed by atoms with Crippen LogP contribution in [0.15, 0.2) is 84.9 Å². The van der Waals surface area contributed by atoms with E-state index in [4.69, 9.17) is 4.74 Å². The van der Waals surface area contributed by atoms with Gasteiger partial charge >= 0.3 is 0 Å². The lowest BCUT2D eigenvalue weighted by molar-refractivity contribution is -0.130. The molecule has 0 spiro atoms. The summed E-state index contributed by atoms with van der Waals surface area (Å²) >= 11 is 0. The Labute approximate surface area is 212 Å². The van der Waals surface area contributed by atoms with Crippen molar-refractivity contribution < 1.29 is 19.1 Å². The van der Waals surface area contributed by atoms with Gasteiger partial charge in [-0.1, -0.05) is 72.8 Å². The number of ketones is 2. The van der Waals surface area contributed by atoms with Crippen LogP contribution in [0.25, 0.3) is 0 Å². The summed E-state index contributed by atoms with van der Waals surface area (Å²) in [6.45, 7) is 0.913. The molecule has 1 amide bonds. The molecule has 3 aromatic rings. The van der Waals surface area contributed by atoms with Gasteiger partial charge in [0.1, 0.15) is 5.75 Å². The minimum Gasteiger partial charge on any atom is -0.497 e. The van der Waals surface area contributed by atoms with E-state index in [0.717, 1.165) is 5.56 Å². The fourth-order valence-corrected chi connectivity index (χ4v) is 5.04. The zero-order chi connectivity index (χ0) is 25.7. The van der Waals surface area contributed by atoms with E-state index >= 15 is 0 Å². The van der Waals surface area contributed by atoms with Crippen molar-refractivity contribution in [1.29, 1.82) is 0 Å². The molecular weight excluding hydrogens is 452 g/mol. The molecule has 0 unspecified atom stereocenters. The highest BCUT2D eigenvalue weighted by Gasteiger charge is 2.45. The van der Waals surface area contributed by atoms with Gasteiger partial charge in [-0.3, -0.25) is 19.3 Å². The third-order valence-electron chi connectivity index (χ3n) is 6.90. The van der Waals surface area contributed by atoms with Crippen molar-refractivity contribution in [2.75, 3.05) is 40.8 Å². The molecule has 2 atom stereocenters. The predicted molar refractivity (Wildman–Crippen MR) is 139 cm³/mol. The molecule has 3 aromatic carbocycles. The smallest absolute Gasteiger partial charge is 0.236 e. The Bertz CT molecular complexity index is 1150. The van der Waals surface area contributed by atoms with E-state index < -0.39 is 11.8 Å². The molecule has 36 heavy (non-hydrogen) atoms. The van der Waals surface area contributed by atoms with Crippen molar-refractivity contribution in [1.82, 2.24) is 9.80 Å². The van der Waals surface area contributed by atoms with Gasteiger partial charge in [0.05, 0.1) is 13.7 Å². The summed E-state index contributed by atoms with van der Waals surface area (Å²) in [6.07, 6.45) is 0. The van der Waals surface area contributed by atoms with Crippen molar-refractivity contribution in [2.24, 2.45) is 11.8 Å². The zero-order valence-corrected chi connectivity index (χ0v) is 21.0. The van der Waals surface area contributed by atoms with Crippen molar-refractivity contribution in [2.45, 2.75) is 5.92 Å². The highest BCUT2D eigenvalue weighted by Crippen LogP contribution is 2.41. The number of carbonyl (C=O) groups excluding carboxylic acids is 3. The van der Waals surface area contributed by atoms with E-state index in [1.807, 2.05) is 89.8 Å². The molecule has 1 aliphatic rings. The predicted octanol–water partition coefficient (Wildman–Crippen LogP) is 4.18. The summed E-state index contributed by atoms with van der Waals surface area (Å²) in [5.74, 6) is -0.846. The Kier molecular flexibility index (Phi) is 7.96. The van der Waals surface area contributed by atoms with E-state index in [-0.39, 0.29) is 29.9 Å². The SMILES string of the molecule is COc1cccc(C2[C@@H](C(=O)c3ccccc3)CN(CC(=O)N(C)C)C[C@@H]2C(=O)c2ccccc2)c1. The normalized spacial score (nSPS) is 18.4. The van der Waals surface area contributed by atoms with Gasteiger partial charge in [0, 0.05) is 56.1 Å². The van der Waals surface area contributed by atoms with E-state index in [9.17, 15) is 14.4 Å².